The Labute approximate surface area is 139 Å². The van der Waals surface area contributed by atoms with Crippen molar-refractivity contribution in [2.75, 3.05) is 13.2 Å². The molecule has 0 saturated carbocycles. The molecule has 23 heavy (non-hydrogen) atoms. The third-order valence-corrected chi connectivity index (χ3v) is 3.95. The standard InChI is InChI=1S/C20H27NO2/c1-15(2)17-9-11-20(12-10-17)23-14-19(22)13-21-16(3)18-7-5-4-6-8-18/h4-12,15-16,19,21-22H,13-14H2,1-3H3/t16-,19+/m0/s1. The van der Waals surface area contributed by atoms with Crippen LogP contribution in [0.3, 0.4) is 0 Å². The van der Waals surface area contributed by atoms with Gasteiger partial charge in [-0.2, -0.15) is 0 Å². The molecule has 0 unspecified atom stereocenters. The summed E-state index contributed by atoms with van der Waals surface area (Å²) >= 11 is 0. The van der Waals surface area contributed by atoms with Crippen molar-refractivity contribution >= 4 is 0 Å². The number of benzene rings is 2. The molecule has 0 aliphatic carbocycles. The lowest BCUT2D eigenvalue weighted by Crippen LogP contribution is -2.33. The van der Waals surface area contributed by atoms with Crippen molar-refractivity contribution < 1.29 is 9.84 Å². The lowest BCUT2D eigenvalue weighted by atomic mass is 10.0. The molecule has 0 amide bonds. The van der Waals surface area contributed by atoms with Gasteiger partial charge in [-0.25, -0.2) is 0 Å². The minimum atomic E-state index is -0.536. The zero-order chi connectivity index (χ0) is 16.7. The Bertz CT molecular complexity index is 566. The van der Waals surface area contributed by atoms with Crippen LogP contribution in [0, 0.1) is 0 Å². The van der Waals surface area contributed by atoms with E-state index in [4.69, 9.17) is 4.74 Å². The predicted molar refractivity (Wildman–Crippen MR) is 94.9 cm³/mol. The number of nitrogens with one attached hydrogen (secondary N) is 1. The van der Waals surface area contributed by atoms with Gasteiger partial charge in [0.25, 0.3) is 0 Å². The van der Waals surface area contributed by atoms with E-state index < -0.39 is 6.10 Å². The first kappa shape index (κ1) is 17.5. The van der Waals surface area contributed by atoms with E-state index in [1.807, 2.05) is 30.3 Å². The van der Waals surface area contributed by atoms with E-state index in [0.29, 0.717) is 12.5 Å². The number of aliphatic hydroxyl groups excluding tert-OH is 1. The highest BCUT2D eigenvalue weighted by atomic mass is 16.5. The minimum absolute atomic E-state index is 0.205. The highest BCUT2D eigenvalue weighted by Crippen LogP contribution is 2.18. The van der Waals surface area contributed by atoms with Crippen LogP contribution in [-0.4, -0.2) is 24.4 Å². The fourth-order valence-corrected chi connectivity index (χ4v) is 2.37. The van der Waals surface area contributed by atoms with Crippen molar-refractivity contribution in [2.24, 2.45) is 0 Å². The molecule has 3 heteroatoms. The summed E-state index contributed by atoms with van der Waals surface area (Å²) in [6, 6.07) is 18.5. The van der Waals surface area contributed by atoms with Crippen molar-refractivity contribution in [3.63, 3.8) is 0 Å². The van der Waals surface area contributed by atoms with Crippen LogP contribution in [-0.2, 0) is 0 Å². The number of rotatable bonds is 8. The van der Waals surface area contributed by atoms with Gasteiger partial charge < -0.3 is 15.2 Å². The zero-order valence-corrected chi connectivity index (χ0v) is 14.2. The molecule has 0 saturated heterocycles. The topological polar surface area (TPSA) is 41.5 Å². The van der Waals surface area contributed by atoms with Gasteiger partial charge in [0.05, 0.1) is 0 Å². The third kappa shape index (κ3) is 5.70. The van der Waals surface area contributed by atoms with Gasteiger partial charge >= 0.3 is 0 Å². The normalized spacial score (nSPS) is 13.8. The second-order valence-electron chi connectivity index (χ2n) is 6.23. The Kier molecular flexibility index (Phi) is 6.63. The van der Waals surface area contributed by atoms with Gasteiger partial charge in [0, 0.05) is 12.6 Å². The molecule has 0 radical (unpaired) electrons. The van der Waals surface area contributed by atoms with E-state index in [0.717, 1.165) is 5.75 Å². The molecule has 2 N–H and O–H groups in total. The smallest absolute Gasteiger partial charge is 0.119 e. The quantitative estimate of drug-likeness (QED) is 0.776. The van der Waals surface area contributed by atoms with Crippen LogP contribution in [0.15, 0.2) is 54.6 Å². The monoisotopic (exact) mass is 313 g/mol. The summed E-state index contributed by atoms with van der Waals surface area (Å²) in [6.45, 7) is 7.21. The van der Waals surface area contributed by atoms with Gasteiger partial charge in [0.2, 0.25) is 0 Å². The van der Waals surface area contributed by atoms with E-state index >= 15 is 0 Å². The summed E-state index contributed by atoms with van der Waals surface area (Å²) in [5.41, 5.74) is 2.50. The summed E-state index contributed by atoms with van der Waals surface area (Å²) in [5.74, 6) is 1.31. The molecule has 3 nitrogen and oxygen atoms in total. The lowest BCUT2D eigenvalue weighted by Gasteiger charge is -2.18. The number of ether oxygens (including phenoxy) is 1. The van der Waals surface area contributed by atoms with E-state index in [-0.39, 0.29) is 12.6 Å². The maximum atomic E-state index is 10.1. The van der Waals surface area contributed by atoms with Gasteiger partial charge in [-0.15, -0.1) is 0 Å². The predicted octanol–water partition coefficient (Wildman–Crippen LogP) is 3.90. The van der Waals surface area contributed by atoms with Crippen LogP contribution in [0.5, 0.6) is 5.75 Å². The van der Waals surface area contributed by atoms with Crippen LogP contribution in [0.2, 0.25) is 0 Å². The molecule has 0 bridgehead atoms. The Hall–Kier alpha value is -1.84. The first-order valence-electron chi connectivity index (χ1n) is 8.25. The molecule has 2 atom stereocenters. The van der Waals surface area contributed by atoms with E-state index in [2.05, 4.69) is 50.4 Å². The largest absolute Gasteiger partial charge is 0.491 e. The van der Waals surface area contributed by atoms with Gasteiger partial charge in [-0.05, 0) is 36.1 Å². The first-order chi connectivity index (χ1) is 11.1. The van der Waals surface area contributed by atoms with Crippen LogP contribution < -0.4 is 10.1 Å². The Morgan fingerprint density at radius 3 is 2.17 bits per heavy atom. The average molecular weight is 313 g/mol. The highest BCUT2D eigenvalue weighted by Gasteiger charge is 2.09. The minimum Gasteiger partial charge on any atom is -0.491 e. The molecular formula is C20H27NO2. The Balaban J connectivity index is 1.73. The van der Waals surface area contributed by atoms with Gasteiger partial charge in [-0.1, -0.05) is 56.3 Å². The molecule has 124 valence electrons. The number of hydrogen-bond donors (Lipinski definition) is 2. The zero-order valence-electron chi connectivity index (χ0n) is 14.2. The first-order valence-corrected chi connectivity index (χ1v) is 8.25. The van der Waals surface area contributed by atoms with E-state index in [1.54, 1.807) is 0 Å². The number of aliphatic hydroxyl groups is 1. The molecule has 0 aliphatic rings. The van der Waals surface area contributed by atoms with E-state index in [9.17, 15) is 5.11 Å². The molecule has 2 rings (SSSR count). The number of hydrogen-bond acceptors (Lipinski definition) is 3. The lowest BCUT2D eigenvalue weighted by molar-refractivity contribution is 0.104. The molecule has 0 aliphatic heterocycles. The molecule has 2 aromatic carbocycles. The molecular weight excluding hydrogens is 286 g/mol. The van der Waals surface area contributed by atoms with Crippen LogP contribution >= 0.6 is 0 Å². The van der Waals surface area contributed by atoms with Crippen molar-refractivity contribution in [1.29, 1.82) is 0 Å². The molecule has 2 aromatic rings. The molecule has 0 spiro atoms. The Morgan fingerprint density at radius 1 is 0.913 bits per heavy atom. The van der Waals surface area contributed by atoms with Crippen molar-refractivity contribution in [3.8, 4) is 5.75 Å². The van der Waals surface area contributed by atoms with Crippen LogP contribution in [0.25, 0.3) is 0 Å². The second kappa shape index (κ2) is 8.70. The highest BCUT2D eigenvalue weighted by molar-refractivity contribution is 5.28. The van der Waals surface area contributed by atoms with E-state index in [1.165, 1.54) is 11.1 Å². The second-order valence-corrected chi connectivity index (χ2v) is 6.23. The van der Waals surface area contributed by atoms with Crippen molar-refractivity contribution in [2.45, 2.75) is 38.8 Å². The molecule has 0 heterocycles. The summed E-state index contributed by atoms with van der Waals surface area (Å²) in [7, 11) is 0. The van der Waals surface area contributed by atoms with Crippen LogP contribution in [0.1, 0.15) is 43.9 Å². The summed E-state index contributed by atoms with van der Waals surface area (Å²) < 4.78 is 5.65. The summed E-state index contributed by atoms with van der Waals surface area (Å²) in [5, 5.41) is 13.4. The summed E-state index contributed by atoms with van der Waals surface area (Å²) in [6.07, 6.45) is -0.536. The van der Waals surface area contributed by atoms with Gasteiger partial charge in [0.15, 0.2) is 0 Å². The molecule has 0 aromatic heterocycles. The van der Waals surface area contributed by atoms with Gasteiger partial charge in [-0.3, -0.25) is 0 Å². The van der Waals surface area contributed by atoms with Gasteiger partial charge in [0.1, 0.15) is 18.5 Å². The third-order valence-electron chi connectivity index (χ3n) is 3.95. The van der Waals surface area contributed by atoms with Crippen molar-refractivity contribution in [3.05, 3.63) is 65.7 Å². The fraction of sp³-hybridized carbons (Fsp3) is 0.400. The van der Waals surface area contributed by atoms with Crippen molar-refractivity contribution in [1.82, 2.24) is 5.32 Å². The molecule has 0 fully saturated rings. The maximum absolute atomic E-state index is 10.1. The van der Waals surface area contributed by atoms with Crippen LogP contribution in [0.4, 0.5) is 0 Å². The average Bonchev–Trinajstić information content (AvgIpc) is 2.59. The Morgan fingerprint density at radius 2 is 1.57 bits per heavy atom. The maximum Gasteiger partial charge on any atom is 0.119 e. The summed E-state index contributed by atoms with van der Waals surface area (Å²) in [4.78, 5) is 0. The fourth-order valence-electron chi connectivity index (χ4n) is 2.37. The SMILES string of the molecule is CC(C)c1ccc(OC[C@H](O)CN[C@@H](C)c2ccccc2)cc1.